The molecule has 0 saturated carbocycles. The summed E-state index contributed by atoms with van der Waals surface area (Å²) in [6.07, 6.45) is 3.34. The van der Waals surface area contributed by atoms with Gasteiger partial charge >= 0.3 is 0 Å². The highest BCUT2D eigenvalue weighted by atomic mass is 35.5. The average Bonchev–Trinajstić information content (AvgIpc) is 3.25. The molecule has 0 aliphatic rings. The molecular weight excluding hydrogens is 378 g/mol. The van der Waals surface area contributed by atoms with E-state index in [0.717, 1.165) is 10.7 Å². The molecule has 0 aromatic carbocycles. The van der Waals surface area contributed by atoms with E-state index in [1.807, 2.05) is 22.1 Å². The molecule has 0 bridgehead atoms. The third-order valence-electron chi connectivity index (χ3n) is 3.14. The molecule has 25 heavy (non-hydrogen) atoms. The fraction of sp³-hybridized carbons (Fsp3) is 0.125. The Morgan fingerprint density at radius 2 is 2.28 bits per heavy atom. The van der Waals surface area contributed by atoms with Gasteiger partial charge in [-0.3, -0.25) is 9.36 Å². The van der Waals surface area contributed by atoms with E-state index in [4.69, 9.17) is 11.6 Å². The van der Waals surface area contributed by atoms with Crippen molar-refractivity contribution >= 4 is 46.3 Å². The van der Waals surface area contributed by atoms with Crippen LogP contribution in [-0.4, -0.2) is 31.4 Å². The molecule has 0 saturated heterocycles. The molecule has 6 nitrogen and oxygen atoms in total. The zero-order valence-corrected chi connectivity index (χ0v) is 15.4. The minimum Gasteiger partial charge on any atom is -0.323 e. The largest absolute Gasteiger partial charge is 0.323 e. The van der Waals surface area contributed by atoms with Gasteiger partial charge in [0.2, 0.25) is 5.91 Å². The normalized spacial score (nSPS) is 10.6. The molecule has 0 atom stereocenters. The van der Waals surface area contributed by atoms with E-state index in [9.17, 15) is 4.79 Å². The Kier molecular flexibility index (Phi) is 5.85. The molecule has 9 heteroatoms. The van der Waals surface area contributed by atoms with Gasteiger partial charge in [0.25, 0.3) is 0 Å². The third kappa shape index (κ3) is 4.28. The van der Waals surface area contributed by atoms with Crippen LogP contribution in [0.5, 0.6) is 0 Å². The quantitative estimate of drug-likeness (QED) is 0.374. The Morgan fingerprint density at radius 1 is 1.40 bits per heavy atom. The second-order valence-electron chi connectivity index (χ2n) is 4.86. The van der Waals surface area contributed by atoms with Gasteiger partial charge in [0, 0.05) is 12.7 Å². The number of allylic oxidation sites excluding steroid dienone is 1. The first-order valence-corrected chi connectivity index (χ1v) is 9.54. The van der Waals surface area contributed by atoms with Crippen molar-refractivity contribution in [3.05, 3.63) is 53.7 Å². The number of thiophene rings is 1. The van der Waals surface area contributed by atoms with Gasteiger partial charge in [-0.15, -0.1) is 28.1 Å². The van der Waals surface area contributed by atoms with Crippen molar-refractivity contribution in [1.82, 2.24) is 19.7 Å². The van der Waals surface area contributed by atoms with Crippen LogP contribution in [-0.2, 0) is 11.3 Å². The number of rotatable bonds is 7. The minimum absolute atomic E-state index is 0.185. The Balaban J connectivity index is 1.69. The smallest absolute Gasteiger partial charge is 0.234 e. The first kappa shape index (κ1) is 17.7. The zero-order chi connectivity index (χ0) is 17.6. The molecular formula is C16H14ClN5OS2. The first-order valence-electron chi connectivity index (χ1n) is 7.30. The van der Waals surface area contributed by atoms with Crippen LogP contribution in [0.3, 0.4) is 0 Å². The average molecular weight is 392 g/mol. The summed E-state index contributed by atoms with van der Waals surface area (Å²) in [5.74, 6) is 0.768. The van der Waals surface area contributed by atoms with Crippen LogP contribution in [0.2, 0.25) is 5.15 Å². The number of anilines is 1. The molecule has 0 unspecified atom stereocenters. The third-order valence-corrected chi connectivity index (χ3v) is 5.27. The highest BCUT2D eigenvalue weighted by Crippen LogP contribution is 2.27. The summed E-state index contributed by atoms with van der Waals surface area (Å²) in [4.78, 5) is 17.1. The Bertz CT molecular complexity index is 879. The molecule has 3 heterocycles. The number of pyridine rings is 1. The number of carbonyl (C=O) groups excluding carboxylic acids is 1. The number of hydrogen-bond donors (Lipinski definition) is 1. The van der Waals surface area contributed by atoms with Crippen LogP contribution in [0.1, 0.15) is 0 Å². The van der Waals surface area contributed by atoms with Crippen molar-refractivity contribution in [2.24, 2.45) is 0 Å². The maximum atomic E-state index is 12.1. The fourth-order valence-corrected chi connectivity index (χ4v) is 3.70. The van der Waals surface area contributed by atoms with E-state index in [1.54, 1.807) is 35.7 Å². The van der Waals surface area contributed by atoms with Crippen molar-refractivity contribution in [3.8, 4) is 10.7 Å². The van der Waals surface area contributed by atoms with Crippen molar-refractivity contribution in [2.45, 2.75) is 11.7 Å². The molecule has 0 fully saturated rings. The molecule has 0 aliphatic carbocycles. The zero-order valence-electron chi connectivity index (χ0n) is 13.1. The van der Waals surface area contributed by atoms with Crippen LogP contribution < -0.4 is 5.32 Å². The Labute approximate surface area is 158 Å². The molecule has 0 radical (unpaired) electrons. The monoisotopic (exact) mass is 391 g/mol. The van der Waals surface area contributed by atoms with Gasteiger partial charge in [0.05, 0.1) is 16.3 Å². The van der Waals surface area contributed by atoms with Crippen LogP contribution in [0, 0.1) is 0 Å². The fourth-order valence-electron chi connectivity index (χ4n) is 2.07. The molecule has 128 valence electrons. The first-order chi connectivity index (χ1) is 12.2. The lowest BCUT2D eigenvalue weighted by Gasteiger charge is -2.08. The number of nitrogens with one attached hydrogen (secondary N) is 1. The van der Waals surface area contributed by atoms with E-state index < -0.39 is 0 Å². The Morgan fingerprint density at radius 3 is 3.00 bits per heavy atom. The number of thioether (sulfide) groups is 1. The molecule has 3 aromatic heterocycles. The van der Waals surface area contributed by atoms with Crippen molar-refractivity contribution in [1.29, 1.82) is 0 Å². The van der Waals surface area contributed by atoms with E-state index in [0.29, 0.717) is 17.4 Å². The summed E-state index contributed by atoms with van der Waals surface area (Å²) in [6.45, 7) is 4.34. The van der Waals surface area contributed by atoms with E-state index in [1.165, 1.54) is 11.8 Å². The SMILES string of the molecule is C=CCn1c(SCC(=O)Nc2cccnc2Cl)nnc1-c1cccs1. The van der Waals surface area contributed by atoms with Gasteiger partial charge in [0.1, 0.15) is 0 Å². The van der Waals surface area contributed by atoms with Crippen LogP contribution in [0.4, 0.5) is 5.69 Å². The van der Waals surface area contributed by atoms with Gasteiger partial charge in [-0.25, -0.2) is 4.98 Å². The summed E-state index contributed by atoms with van der Waals surface area (Å²) in [6, 6.07) is 7.36. The second-order valence-corrected chi connectivity index (χ2v) is 7.11. The predicted octanol–water partition coefficient (Wildman–Crippen LogP) is 3.97. The Hall–Kier alpha value is -2.16. The summed E-state index contributed by atoms with van der Waals surface area (Å²) >= 11 is 8.84. The van der Waals surface area contributed by atoms with Crippen molar-refractivity contribution in [3.63, 3.8) is 0 Å². The summed E-state index contributed by atoms with van der Waals surface area (Å²) in [5, 5.41) is 14.1. The highest BCUT2D eigenvalue weighted by molar-refractivity contribution is 7.99. The number of aromatic nitrogens is 4. The van der Waals surface area contributed by atoms with E-state index >= 15 is 0 Å². The van der Waals surface area contributed by atoms with Crippen LogP contribution >= 0.6 is 34.7 Å². The lowest BCUT2D eigenvalue weighted by molar-refractivity contribution is -0.113. The number of amides is 1. The summed E-state index contributed by atoms with van der Waals surface area (Å²) in [5.41, 5.74) is 0.488. The van der Waals surface area contributed by atoms with E-state index in [2.05, 4.69) is 27.1 Å². The molecule has 3 aromatic rings. The topological polar surface area (TPSA) is 72.7 Å². The molecule has 1 N–H and O–H groups in total. The van der Waals surface area contributed by atoms with Crippen LogP contribution in [0.25, 0.3) is 10.7 Å². The molecule has 0 spiro atoms. The second kappa shape index (κ2) is 8.28. The predicted molar refractivity (Wildman–Crippen MR) is 102 cm³/mol. The molecule has 0 aliphatic heterocycles. The van der Waals surface area contributed by atoms with Gasteiger partial charge in [-0.1, -0.05) is 35.5 Å². The molecule has 1 amide bonds. The number of hydrogen-bond acceptors (Lipinski definition) is 6. The summed E-state index contributed by atoms with van der Waals surface area (Å²) < 4.78 is 1.94. The van der Waals surface area contributed by atoms with Crippen LogP contribution in [0.15, 0.2) is 53.7 Å². The lowest BCUT2D eigenvalue weighted by Crippen LogP contribution is -2.15. The van der Waals surface area contributed by atoms with Gasteiger partial charge in [-0.2, -0.15) is 0 Å². The minimum atomic E-state index is -0.189. The van der Waals surface area contributed by atoms with Gasteiger partial charge < -0.3 is 5.32 Å². The number of nitrogens with zero attached hydrogens (tertiary/aromatic N) is 4. The van der Waals surface area contributed by atoms with Crippen molar-refractivity contribution < 1.29 is 4.79 Å². The number of halogens is 1. The standard InChI is InChI=1S/C16H14ClN5OS2/c1-2-8-22-15(12-6-4-9-24-12)20-21-16(22)25-10-13(23)19-11-5-3-7-18-14(11)17/h2-7,9H,1,8,10H2,(H,19,23). The highest BCUT2D eigenvalue weighted by Gasteiger charge is 2.16. The summed E-state index contributed by atoms with van der Waals surface area (Å²) in [7, 11) is 0. The molecule has 3 rings (SSSR count). The maximum Gasteiger partial charge on any atom is 0.234 e. The van der Waals surface area contributed by atoms with E-state index in [-0.39, 0.29) is 16.8 Å². The number of carbonyl (C=O) groups is 1. The van der Waals surface area contributed by atoms with Gasteiger partial charge in [0.15, 0.2) is 16.1 Å². The van der Waals surface area contributed by atoms with Gasteiger partial charge in [-0.05, 0) is 23.6 Å². The maximum absolute atomic E-state index is 12.1. The lowest BCUT2D eigenvalue weighted by atomic mass is 10.4. The van der Waals surface area contributed by atoms with Crippen molar-refractivity contribution in [2.75, 3.05) is 11.1 Å².